The maximum Gasteiger partial charge on any atom is 0.308 e. The summed E-state index contributed by atoms with van der Waals surface area (Å²) in [6.45, 7) is 4.90. The number of carbonyl (C=O) groups excluding carboxylic acids is 1. The summed E-state index contributed by atoms with van der Waals surface area (Å²) in [5.41, 5.74) is 1.81. The zero-order valence-corrected chi connectivity index (χ0v) is 16.2. The third-order valence-corrected chi connectivity index (χ3v) is 7.05. The Morgan fingerprint density at radius 1 is 1.04 bits per heavy atom. The van der Waals surface area contributed by atoms with E-state index in [4.69, 9.17) is 0 Å². The van der Waals surface area contributed by atoms with Gasteiger partial charge in [0.15, 0.2) is 0 Å². The second-order valence-corrected chi connectivity index (χ2v) is 8.55. The number of carboxylic acids is 1. The van der Waals surface area contributed by atoms with Crippen LogP contribution in [0.25, 0.3) is 0 Å². The molecule has 2 heterocycles. The lowest BCUT2D eigenvalue weighted by Crippen LogP contribution is -2.57. The summed E-state index contributed by atoms with van der Waals surface area (Å²) in [7, 11) is 0. The molecule has 0 radical (unpaired) electrons. The van der Waals surface area contributed by atoms with Gasteiger partial charge in [-0.25, -0.2) is 0 Å². The number of amides is 1. The third-order valence-electron chi connectivity index (χ3n) is 7.05. The van der Waals surface area contributed by atoms with Crippen LogP contribution in [0.4, 0.5) is 0 Å². The van der Waals surface area contributed by atoms with Gasteiger partial charge in [0.2, 0.25) is 5.91 Å². The fraction of sp³-hybridized carbons (Fsp3) is 0.636. The standard InChI is InChI=1S/C22H30N2O3/c1-16-8-2-3-9-17(16)18-14-23(15-19(18)20(25)26)21(27)22(10-4-5-11-22)24-12-6-7-13-24/h2-3,8-9,18-19H,4-7,10-15H2,1H3,(H,25,26)/t18-,19+/m0/s1. The number of hydrogen-bond acceptors (Lipinski definition) is 3. The van der Waals surface area contributed by atoms with Gasteiger partial charge in [-0.15, -0.1) is 0 Å². The van der Waals surface area contributed by atoms with Crippen molar-refractivity contribution in [2.75, 3.05) is 26.2 Å². The lowest BCUT2D eigenvalue weighted by Gasteiger charge is -2.40. The number of benzene rings is 1. The highest BCUT2D eigenvalue weighted by Crippen LogP contribution is 2.42. The van der Waals surface area contributed by atoms with Crippen molar-refractivity contribution in [3.63, 3.8) is 0 Å². The zero-order valence-electron chi connectivity index (χ0n) is 16.2. The van der Waals surface area contributed by atoms with Crippen LogP contribution < -0.4 is 0 Å². The number of rotatable bonds is 4. The van der Waals surface area contributed by atoms with E-state index < -0.39 is 11.9 Å². The second-order valence-electron chi connectivity index (χ2n) is 8.55. The SMILES string of the molecule is Cc1ccccc1[C@@H]1CN(C(=O)C2(N3CCCC3)CCCC2)C[C@H]1C(=O)O. The van der Waals surface area contributed by atoms with Crippen LogP contribution in [0.15, 0.2) is 24.3 Å². The van der Waals surface area contributed by atoms with Crippen molar-refractivity contribution in [3.05, 3.63) is 35.4 Å². The van der Waals surface area contributed by atoms with Crippen LogP contribution in [0.2, 0.25) is 0 Å². The molecule has 2 atom stereocenters. The van der Waals surface area contributed by atoms with Crippen molar-refractivity contribution in [2.24, 2.45) is 5.92 Å². The van der Waals surface area contributed by atoms with Gasteiger partial charge in [0.1, 0.15) is 5.54 Å². The number of carboxylic acid groups (broad SMARTS) is 1. The molecule has 1 aromatic carbocycles. The van der Waals surface area contributed by atoms with Crippen molar-refractivity contribution >= 4 is 11.9 Å². The van der Waals surface area contributed by atoms with Gasteiger partial charge in [-0.2, -0.15) is 0 Å². The van der Waals surface area contributed by atoms with E-state index in [0.717, 1.165) is 49.9 Å². The van der Waals surface area contributed by atoms with Crippen molar-refractivity contribution in [1.29, 1.82) is 0 Å². The fourth-order valence-corrected chi connectivity index (χ4v) is 5.60. The molecule has 1 N–H and O–H groups in total. The minimum atomic E-state index is -0.791. The molecule has 1 saturated carbocycles. The second kappa shape index (κ2) is 7.27. The predicted molar refractivity (Wildman–Crippen MR) is 104 cm³/mol. The molecule has 2 aliphatic heterocycles. The van der Waals surface area contributed by atoms with Crippen LogP contribution in [0.5, 0.6) is 0 Å². The smallest absolute Gasteiger partial charge is 0.308 e. The van der Waals surface area contributed by atoms with Crippen LogP contribution in [0.3, 0.4) is 0 Å². The first-order valence-corrected chi connectivity index (χ1v) is 10.4. The van der Waals surface area contributed by atoms with Crippen LogP contribution in [0, 0.1) is 12.8 Å². The average molecular weight is 370 g/mol. The number of aryl methyl sites for hydroxylation is 1. The Morgan fingerprint density at radius 2 is 1.70 bits per heavy atom. The quantitative estimate of drug-likeness (QED) is 0.885. The molecule has 2 saturated heterocycles. The number of carbonyl (C=O) groups is 2. The topological polar surface area (TPSA) is 60.9 Å². The first-order valence-electron chi connectivity index (χ1n) is 10.4. The first kappa shape index (κ1) is 18.5. The minimum Gasteiger partial charge on any atom is -0.481 e. The van der Waals surface area contributed by atoms with Gasteiger partial charge >= 0.3 is 5.97 Å². The van der Waals surface area contributed by atoms with E-state index in [-0.39, 0.29) is 17.4 Å². The molecule has 0 bridgehead atoms. The monoisotopic (exact) mass is 370 g/mol. The first-order chi connectivity index (χ1) is 13.0. The number of aliphatic carboxylic acids is 1. The largest absolute Gasteiger partial charge is 0.481 e. The number of nitrogens with zero attached hydrogens (tertiary/aromatic N) is 2. The van der Waals surface area contributed by atoms with Gasteiger partial charge in [0.05, 0.1) is 5.92 Å². The number of hydrogen-bond donors (Lipinski definition) is 1. The van der Waals surface area contributed by atoms with Crippen molar-refractivity contribution in [1.82, 2.24) is 9.80 Å². The lowest BCUT2D eigenvalue weighted by atomic mass is 9.86. The van der Waals surface area contributed by atoms with Crippen molar-refractivity contribution in [2.45, 2.75) is 56.9 Å². The summed E-state index contributed by atoms with van der Waals surface area (Å²) < 4.78 is 0. The Hall–Kier alpha value is -1.88. The Balaban J connectivity index is 1.61. The van der Waals surface area contributed by atoms with Gasteiger partial charge in [0.25, 0.3) is 0 Å². The molecule has 0 aromatic heterocycles. The Labute approximate surface area is 161 Å². The molecule has 0 spiro atoms. The van der Waals surface area contributed by atoms with Crippen LogP contribution in [0.1, 0.15) is 55.6 Å². The summed E-state index contributed by atoms with van der Waals surface area (Å²) >= 11 is 0. The Morgan fingerprint density at radius 3 is 2.33 bits per heavy atom. The predicted octanol–water partition coefficient (Wildman–Crippen LogP) is 3.03. The molecule has 0 unspecified atom stereocenters. The zero-order chi connectivity index (χ0) is 19.0. The van der Waals surface area contributed by atoms with Crippen LogP contribution in [-0.2, 0) is 9.59 Å². The minimum absolute atomic E-state index is 0.121. The van der Waals surface area contributed by atoms with E-state index in [1.807, 2.05) is 36.1 Å². The summed E-state index contributed by atoms with van der Waals surface area (Å²) in [6.07, 6.45) is 6.38. The average Bonchev–Trinajstić information content (AvgIpc) is 3.40. The normalized spacial score (nSPS) is 28.0. The molecule has 5 nitrogen and oxygen atoms in total. The molecule has 3 aliphatic rings. The lowest BCUT2D eigenvalue weighted by molar-refractivity contribution is -0.144. The van der Waals surface area contributed by atoms with Crippen LogP contribution >= 0.6 is 0 Å². The van der Waals surface area contributed by atoms with E-state index in [0.29, 0.717) is 13.1 Å². The molecular weight excluding hydrogens is 340 g/mol. The highest BCUT2D eigenvalue weighted by molar-refractivity contribution is 5.88. The molecule has 4 rings (SSSR count). The molecule has 3 fully saturated rings. The van der Waals surface area contributed by atoms with Gasteiger partial charge in [-0.05, 0) is 56.8 Å². The fourth-order valence-electron chi connectivity index (χ4n) is 5.60. The number of likely N-dealkylation sites (tertiary alicyclic amines) is 2. The summed E-state index contributed by atoms with van der Waals surface area (Å²) in [4.78, 5) is 29.9. The van der Waals surface area contributed by atoms with Crippen molar-refractivity contribution in [3.8, 4) is 0 Å². The molecule has 1 aliphatic carbocycles. The highest BCUT2D eigenvalue weighted by atomic mass is 16.4. The Kier molecular flexibility index (Phi) is 4.97. The molecule has 1 amide bonds. The van der Waals surface area contributed by atoms with Crippen LogP contribution in [-0.4, -0.2) is 58.5 Å². The molecule has 146 valence electrons. The van der Waals surface area contributed by atoms with E-state index >= 15 is 0 Å². The summed E-state index contributed by atoms with van der Waals surface area (Å²) in [6, 6.07) is 8.00. The van der Waals surface area contributed by atoms with E-state index in [2.05, 4.69) is 4.90 Å². The molecule has 27 heavy (non-hydrogen) atoms. The van der Waals surface area contributed by atoms with Gasteiger partial charge < -0.3 is 10.0 Å². The van der Waals surface area contributed by atoms with E-state index in [1.54, 1.807) is 0 Å². The third kappa shape index (κ3) is 3.16. The molecule has 1 aromatic rings. The van der Waals surface area contributed by atoms with E-state index in [1.165, 1.54) is 12.8 Å². The van der Waals surface area contributed by atoms with Gasteiger partial charge in [0, 0.05) is 19.0 Å². The highest BCUT2D eigenvalue weighted by Gasteiger charge is 2.51. The molecule has 5 heteroatoms. The Bertz CT molecular complexity index is 720. The van der Waals surface area contributed by atoms with Gasteiger partial charge in [-0.1, -0.05) is 37.1 Å². The van der Waals surface area contributed by atoms with Crippen molar-refractivity contribution < 1.29 is 14.7 Å². The van der Waals surface area contributed by atoms with E-state index in [9.17, 15) is 14.7 Å². The van der Waals surface area contributed by atoms with Gasteiger partial charge in [-0.3, -0.25) is 14.5 Å². The summed E-state index contributed by atoms with van der Waals surface area (Å²) in [5, 5.41) is 9.83. The molecular formula is C22H30N2O3. The maximum absolute atomic E-state index is 13.7. The maximum atomic E-state index is 13.7. The summed E-state index contributed by atoms with van der Waals surface area (Å²) in [5.74, 6) is -1.25.